The molecule has 0 aliphatic carbocycles. The van der Waals surface area contributed by atoms with E-state index in [2.05, 4.69) is 32.4 Å². The summed E-state index contributed by atoms with van der Waals surface area (Å²) in [4.78, 5) is 22.7. The fraction of sp³-hybridized carbons (Fsp3) is 0.556. The molecule has 7 heteroatoms. The summed E-state index contributed by atoms with van der Waals surface area (Å²) < 4.78 is 0. The number of aromatic nitrogens is 1. The molecule has 0 aromatic carbocycles. The van der Waals surface area contributed by atoms with E-state index in [1.54, 1.807) is 11.3 Å². The van der Waals surface area contributed by atoms with E-state index < -0.39 is 0 Å². The Labute approximate surface area is 157 Å². The number of likely N-dealkylation sites (N-methyl/N-ethyl adjacent to an activating group) is 1. The molecule has 136 valence electrons. The molecule has 0 atom stereocenters. The highest BCUT2D eigenvalue weighted by Gasteiger charge is 2.17. The van der Waals surface area contributed by atoms with Crippen molar-refractivity contribution in [3.8, 4) is 10.6 Å². The van der Waals surface area contributed by atoms with Crippen molar-refractivity contribution in [2.45, 2.75) is 20.3 Å². The number of carbonyl (C=O) groups is 1. The summed E-state index contributed by atoms with van der Waals surface area (Å²) >= 11 is 3.13. The van der Waals surface area contributed by atoms with Gasteiger partial charge in [-0.3, -0.25) is 4.79 Å². The Morgan fingerprint density at radius 2 is 2.04 bits per heavy atom. The molecule has 0 bridgehead atoms. The third-order valence-corrected chi connectivity index (χ3v) is 6.51. The van der Waals surface area contributed by atoms with Crippen LogP contribution in [0.1, 0.15) is 28.7 Å². The van der Waals surface area contributed by atoms with Crippen molar-refractivity contribution in [2.75, 3.05) is 45.8 Å². The monoisotopic (exact) mass is 378 g/mol. The third-order valence-electron chi connectivity index (χ3n) is 4.62. The van der Waals surface area contributed by atoms with Gasteiger partial charge in [0.15, 0.2) is 0 Å². The van der Waals surface area contributed by atoms with Crippen LogP contribution in [0.3, 0.4) is 0 Å². The van der Waals surface area contributed by atoms with E-state index in [1.807, 2.05) is 18.4 Å². The van der Waals surface area contributed by atoms with E-state index in [0.29, 0.717) is 0 Å². The number of aryl methyl sites for hydroxylation is 1. The number of thiazole rings is 1. The molecule has 0 unspecified atom stereocenters. The zero-order valence-electron chi connectivity index (χ0n) is 15.0. The predicted molar refractivity (Wildman–Crippen MR) is 106 cm³/mol. The van der Waals surface area contributed by atoms with E-state index >= 15 is 0 Å². The molecule has 0 radical (unpaired) electrons. The maximum Gasteiger partial charge on any atom is 0.263 e. The summed E-state index contributed by atoms with van der Waals surface area (Å²) in [6.45, 7) is 11.6. The molecule has 1 aliphatic rings. The minimum Gasteiger partial charge on any atom is -0.351 e. The molecule has 3 heterocycles. The Morgan fingerprint density at radius 3 is 2.72 bits per heavy atom. The van der Waals surface area contributed by atoms with E-state index in [-0.39, 0.29) is 5.91 Å². The standard InChI is InChI=1S/C18H26N4OS2/c1-3-21-8-10-22(11-9-21)7-4-6-19-17(23)16-14(2)20-18(25-16)15-5-12-24-13-15/h5,12-13H,3-4,6-11H2,1-2H3,(H,19,23). The van der Waals surface area contributed by atoms with Gasteiger partial charge in [-0.15, -0.1) is 11.3 Å². The largest absolute Gasteiger partial charge is 0.351 e. The quantitative estimate of drug-likeness (QED) is 0.753. The van der Waals surface area contributed by atoms with Crippen molar-refractivity contribution in [1.82, 2.24) is 20.1 Å². The van der Waals surface area contributed by atoms with Crippen molar-refractivity contribution in [3.05, 3.63) is 27.4 Å². The van der Waals surface area contributed by atoms with Crippen LogP contribution in [0.15, 0.2) is 16.8 Å². The number of rotatable bonds is 7. The summed E-state index contributed by atoms with van der Waals surface area (Å²) in [5.74, 6) is 0.00674. The Hall–Kier alpha value is -1.28. The van der Waals surface area contributed by atoms with Gasteiger partial charge in [0.2, 0.25) is 0 Å². The highest BCUT2D eigenvalue weighted by atomic mass is 32.1. The average Bonchev–Trinajstić information content (AvgIpc) is 3.28. The van der Waals surface area contributed by atoms with Crippen molar-refractivity contribution in [1.29, 1.82) is 0 Å². The number of piperazine rings is 1. The molecule has 1 saturated heterocycles. The van der Waals surface area contributed by atoms with E-state index in [9.17, 15) is 4.79 Å². The molecule has 1 aliphatic heterocycles. The zero-order chi connectivity index (χ0) is 17.6. The van der Waals surface area contributed by atoms with Gasteiger partial charge in [0, 0.05) is 43.7 Å². The molecule has 0 saturated carbocycles. The molecule has 1 fully saturated rings. The molecular formula is C18H26N4OS2. The highest BCUT2D eigenvalue weighted by Crippen LogP contribution is 2.29. The van der Waals surface area contributed by atoms with Crippen molar-refractivity contribution < 1.29 is 4.79 Å². The summed E-state index contributed by atoms with van der Waals surface area (Å²) in [5, 5.41) is 8.08. The van der Waals surface area contributed by atoms with Crippen LogP contribution >= 0.6 is 22.7 Å². The molecular weight excluding hydrogens is 352 g/mol. The predicted octanol–water partition coefficient (Wildman–Crippen LogP) is 2.94. The first-order chi connectivity index (χ1) is 12.2. The van der Waals surface area contributed by atoms with Gasteiger partial charge < -0.3 is 15.1 Å². The molecule has 3 rings (SSSR count). The molecule has 5 nitrogen and oxygen atoms in total. The third kappa shape index (κ3) is 4.88. The first-order valence-corrected chi connectivity index (χ1v) is 10.7. The molecule has 1 amide bonds. The van der Waals surface area contributed by atoms with Crippen LogP contribution in [-0.4, -0.2) is 66.5 Å². The Morgan fingerprint density at radius 1 is 1.28 bits per heavy atom. The van der Waals surface area contributed by atoms with Crippen molar-refractivity contribution >= 4 is 28.6 Å². The second-order valence-corrected chi connectivity index (χ2v) is 8.11. The van der Waals surface area contributed by atoms with Crippen molar-refractivity contribution in [2.24, 2.45) is 0 Å². The lowest BCUT2D eigenvalue weighted by atomic mass is 10.3. The fourth-order valence-electron chi connectivity index (χ4n) is 3.03. The average molecular weight is 379 g/mol. The Kier molecular flexibility index (Phi) is 6.58. The van der Waals surface area contributed by atoms with Gasteiger partial charge in [-0.2, -0.15) is 11.3 Å². The van der Waals surface area contributed by atoms with Crippen LogP contribution in [0.2, 0.25) is 0 Å². The number of thiophene rings is 1. The van der Waals surface area contributed by atoms with Crippen LogP contribution in [-0.2, 0) is 0 Å². The smallest absolute Gasteiger partial charge is 0.263 e. The maximum atomic E-state index is 12.4. The summed E-state index contributed by atoms with van der Waals surface area (Å²) in [6, 6.07) is 2.04. The SMILES string of the molecule is CCN1CCN(CCCNC(=O)c2sc(-c3ccsc3)nc2C)CC1. The van der Waals surface area contributed by atoms with E-state index in [1.165, 1.54) is 11.3 Å². The molecule has 25 heavy (non-hydrogen) atoms. The zero-order valence-corrected chi connectivity index (χ0v) is 16.6. The van der Waals surface area contributed by atoms with Gasteiger partial charge in [-0.1, -0.05) is 6.92 Å². The molecule has 2 aromatic rings. The lowest BCUT2D eigenvalue weighted by molar-refractivity contribution is 0.0951. The van der Waals surface area contributed by atoms with Crippen molar-refractivity contribution in [3.63, 3.8) is 0 Å². The van der Waals surface area contributed by atoms with Crippen LogP contribution in [0.4, 0.5) is 0 Å². The topological polar surface area (TPSA) is 48.5 Å². The Balaban J connectivity index is 1.42. The Bertz CT molecular complexity index is 675. The normalized spacial score (nSPS) is 16.2. The number of hydrogen-bond donors (Lipinski definition) is 1. The number of nitrogens with zero attached hydrogens (tertiary/aromatic N) is 3. The van der Waals surface area contributed by atoms with Gasteiger partial charge in [0.25, 0.3) is 5.91 Å². The van der Waals surface area contributed by atoms with Crippen LogP contribution in [0, 0.1) is 6.92 Å². The van der Waals surface area contributed by atoms with Gasteiger partial charge >= 0.3 is 0 Å². The minimum atomic E-state index is 0.00674. The van der Waals surface area contributed by atoms with Gasteiger partial charge in [-0.05, 0) is 37.9 Å². The van der Waals surface area contributed by atoms with Crippen LogP contribution in [0.25, 0.3) is 10.6 Å². The van der Waals surface area contributed by atoms with Crippen LogP contribution in [0.5, 0.6) is 0 Å². The highest BCUT2D eigenvalue weighted by molar-refractivity contribution is 7.17. The molecule has 0 spiro atoms. The van der Waals surface area contributed by atoms with Gasteiger partial charge in [0.1, 0.15) is 9.88 Å². The number of amides is 1. The second-order valence-electron chi connectivity index (χ2n) is 6.33. The maximum absolute atomic E-state index is 12.4. The lowest BCUT2D eigenvalue weighted by Gasteiger charge is -2.33. The molecule has 2 aromatic heterocycles. The van der Waals surface area contributed by atoms with E-state index in [4.69, 9.17) is 0 Å². The molecule has 1 N–H and O–H groups in total. The van der Waals surface area contributed by atoms with Crippen LogP contribution < -0.4 is 5.32 Å². The first-order valence-electron chi connectivity index (χ1n) is 8.90. The number of nitrogens with one attached hydrogen (secondary N) is 1. The summed E-state index contributed by atoms with van der Waals surface area (Å²) in [7, 11) is 0. The second kappa shape index (κ2) is 8.89. The summed E-state index contributed by atoms with van der Waals surface area (Å²) in [5.41, 5.74) is 1.92. The number of carbonyl (C=O) groups excluding carboxylic acids is 1. The summed E-state index contributed by atoms with van der Waals surface area (Å²) in [6.07, 6.45) is 0.993. The van der Waals surface area contributed by atoms with E-state index in [0.717, 1.165) is 73.4 Å². The minimum absolute atomic E-state index is 0.00674. The first kappa shape index (κ1) is 18.5. The van der Waals surface area contributed by atoms with Gasteiger partial charge in [0.05, 0.1) is 5.69 Å². The fourth-order valence-corrected chi connectivity index (χ4v) is 4.72. The number of hydrogen-bond acceptors (Lipinski definition) is 6. The lowest BCUT2D eigenvalue weighted by Crippen LogP contribution is -2.46. The van der Waals surface area contributed by atoms with Gasteiger partial charge in [-0.25, -0.2) is 4.98 Å².